The Morgan fingerprint density at radius 2 is 1.71 bits per heavy atom. The number of hydrogen-bond acceptors (Lipinski definition) is 3. The second-order valence-corrected chi connectivity index (χ2v) is 7.71. The van der Waals surface area contributed by atoms with Crippen LogP contribution in [0.1, 0.15) is 0 Å². The zero-order valence-corrected chi connectivity index (χ0v) is 14.9. The van der Waals surface area contributed by atoms with Crippen LogP contribution in [-0.4, -0.2) is 8.42 Å². The first-order chi connectivity index (χ1) is 9.72. The van der Waals surface area contributed by atoms with Gasteiger partial charge in [0.2, 0.25) is 0 Å². The van der Waals surface area contributed by atoms with Crippen LogP contribution < -0.4 is 10.5 Å². The summed E-state index contributed by atoms with van der Waals surface area (Å²) in [5, 5.41) is 0.586. The van der Waals surface area contributed by atoms with Gasteiger partial charge in [0.15, 0.2) is 0 Å². The second kappa shape index (κ2) is 6.22. The Bertz CT molecular complexity index is 812. The third-order valence-corrected chi connectivity index (χ3v) is 6.04. The van der Waals surface area contributed by atoms with E-state index >= 15 is 0 Å². The predicted molar refractivity (Wildman–Crippen MR) is 90.8 cm³/mol. The van der Waals surface area contributed by atoms with Gasteiger partial charge in [0.25, 0.3) is 10.0 Å². The molecule has 0 atom stereocenters. The minimum Gasteiger partial charge on any atom is -0.397 e. The fourth-order valence-electron chi connectivity index (χ4n) is 1.50. The molecule has 0 radical (unpaired) electrons. The molecule has 0 amide bonds. The largest absolute Gasteiger partial charge is 0.397 e. The highest BCUT2D eigenvalue weighted by Gasteiger charge is 2.18. The molecule has 2 aromatic carbocycles. The Labute approximate surface area is 145 Å². The van der Waals surface area contributed by atoms with Crippen molar-refractivity contribution in [3.05, 3.63) is 49.9 Å². The molecule has 0 heterocycles. The molecule has 0 aliphatic rings. The summed E-state index contributed by atoms with van der Waals surface area (Å²) in [6, 6.07) is 7.09. The minimum absolute atomic E-state index is 0.0282. The summed E-state index contributed by atoms with van der Waals surface area (Å²) in [7, 11) is -3.85. The minimum atomic E-state index is -3.85. The van der Waals surface area contributed by atoms with Gasteiger partial charge in [0.05, 0.1) is 31.3 Å². The maximum atomic E-state index is 12.3. The van der Waals surface area contributed by atoms with Crippen molar-refractivity contribution in [1.29, 1.82) is 0 Å². The molecule has 0 bridgehead atoms. The third-order valence-electron chi connectivity index (χ3n) is 2.56. The van der Waals surface area contributed by atoms with Crippen molar-refractivity contribution in [2.45, 2.75) is 4.90 Å². The van der Waals surface area contributed by atoms with Gasteiger partial charge in [-0.05, 0) is 46.3 Å². The number of halogens is 4. The van der Waals surface area contributed by atoms with E-state index in [1.165, 1.54) is 24.3 Å². The van der Waals surface area contributed by atoms with Crippen LogP contribution in [-0.2, 0) is 10.0 Å². The van der Waals surface area contributed by atoms with Crippen molar-refractivity contribution in [2.24, 2.45) is 0 Å². The molecule has 4 nitrogen and oxygen atoms in total. The van der Waals surface area contributed by atoms with Gasteiger partial charge in [0, 0.05) is 4.47 Å². The van der Waals surface area contributed by atoms with Gasteiger partial charge < -0.3 is 5.73 Å². The van der Waals surface area contributed by atoms with E-state index in [9.17, 15) is 8.42 Å². The van der Waals surface area contributed by atoms with E-state index in [1.54, 1.807) is 6.07 Å². The molecule has 0 spiro atoms. The maximum Gasteiger partial charge on any atom is 0.262 e. The normalized spacial score (nSPS) is 11.4. The zero-order chi connectivity index (χ0) is 15.8. The summed E-state index contributed by atoms with van der Waals surface area (Å²) in [5.41, 5.74) is 5.94. The smallest absolute Gasteiger partial charge is 0.262 e. The molecule has 112 valence electrons. The Kier molecular flexibility index (Phi) is 4.95. The molecular formula is C12H8BrCl3N2O2S. The van der Waals surface area contributed by atoms with Crippen molar-refractivity contribution in [1.82, 2.24) is 0 Å². The lowest BCUT2D eigenvalue weighted by molar-refractivity contribution is 0.601. The molecule has 0 aromatic heterocycles. The Balaban J connectivity index is 2.42. The van der Waals surface area contributed by atoms with Crippen LogP contribution in [0, 0.1) is 0 Å². The van der Waals surface area contributed by atoms with Gasteiger partial charge in [-0.3, -0.25) is 4.72 Å². The molecule has 0 saturated carbocycles. The van der Waals surface area contributed by atoms with Crippen LogP contribution in [0.25, 0.3) is 0 Å². The van der Waals surface area contributed by atoms with Gasteiger partial charge in [-0.15, -0.1) is 0 Å². The molecular weight excluding hydrogens is 422 g/mol. The number of anilines is 2. The summed E-state index contributed by atoms with van der Waals surface area (Å²) in [4.78, 5) is -0.0282. The average Bonchev–Trinajstić information content (AvgIpc) is 2.42. The van der Waals surface area contributed by atoms with Gasteiger partial charge in [-0.2, -0.15) is 0 Å². The lowest BCUT2D eigenvalue weighted by Crippen LogP contribution is -2.13. The fourth-order valence-corrected chi connectivity index (χ4v) is 3.60. The summed E-state index contributed by atoms with van der Waals surface area (Å²) in [5.74, 6) is 0. The summed E-state index contributed by atoms with van der Waals surface area (Å²) >= 11 is 20.9. The molecule has 21 heavy (non-hydrogen) atoms. The number of nitrogens with one attached hydrogen (secondary N) is 1. The second-order valence-electron chi connectivity index (χ2n) is 4.01. The van der Waals surface area contributed by atoms with E-state index in [2.05, 4.69) is 20.7 Å². The van der Waals surface area contributed by atoms with Gasteiger partial charge >= 0.3 is 0 Å². The van der Waals surface area contributed by atoms with E-state index in [1.807, 2.05) is 0 Å². The topological polar surface area (TPSA) is 72.2 Å². The van der Waals surface area contributed by atoms with Crippen LogP contribution >= 0.6 is 50.7 Å². The monoisotopic (exact) mass is 428 g/mol. The highest BCUT2D eigenvalue weighted by molar-refractivity contribution is 9.10. The van der Waals surface area contributed by atoms with Gasteiger partial charge in [0.1, 0.15) is 0 Å². The van der Waals surface area contributed by atoms with Crippen LogP contribution in [0.15, 0.2) is 39.7 Å². The third kappa shape index (κ3) is 3.57. The van der Waals surface area contributed by atoms with E-state index in [-0.39, 0.29) is 31.3 Å². The first kappa shape index (κ1) is 16.7. The molecule has 0 aliphatic carbocycles. The van der Waals surface area contributed by atoms with Crippen LogP contribution in [0.2, 0.25) is 15.1 Å². The predicted octanol–water partition coefficient (Wildman–Crippen LogP) is 4.79. The van der Waals surface area contributed by atoms with E-state index in [0.717, 1.165) is 0 Å². The van der Waals surface area contributed by atoms with Crippen LogP contribution in [0.4, 0.5) is 11.4 Å². The lowest BCUT2D eigenvalue weighted by atomic mass is 10.3. The number of hydrogen-bond donors (Lipinski definition) is 2. The quantitative estimate of drug-likeness (QED) is 0.543. The molecule has 0 saturated heterocycles. The van der Waals surface area contributed by atoms with E-state index < -0.39 is 10.0 Å². The number of rotatable bonds is 3. The van der Waals surface area contributed by atoms with Crippen molar-refractivity contribution >= 4 is 72.1 Å². The number of benzene rings is 2. The Hall–Kier alpha value is -0.660. The van der Waals surface area contributed by atoms with Gasteiger partial charge in [-0.25, -0.2) is 8.42 Å². The van der Waals surface area contributed by atoms with E-state index in [4.69, 9.17) is 40.5 Å². The number of sulfonamides is 1. The Morgan fingerprint density at radius 1 is 1.05 bits per heavy atom. The standard InChI is InChI=1S/C12H8BrCl3N2O2S/c13-7-2-4-10(12(16)11(7)15)18-21(19,20)6-1-3-8(14)9(17)5-6/h1-5,18H,17H2. The molecule has 0 aliphatic heterocycles. The van der Waals surface area contributed by atoms with Crippen molar-refractivity contribution in [3.63, 3.8) is 0 Å². The number of nitrogen functional groups attached to an aromatic ring is 1. The average molecular weight is 431 g/mol. The summed E-state index contributed by atoms with van der Waals surface area (Å²) in [6.07, 6.45) is 0. The number of nitrogens with two attached hydrogens (primary N) is 1. The van der Waals surface area contributed by atoms with Crippen molar-refractivity contribution in [3.8, 4) is 0 Å². The molecule has 9 heteroatoms. The maximum absolute atomic E-state index is 12.3. The van der Waals surface area contributed by atoms with Crippen LogP contribution in [0.5, 0.6) is 0 Å². The lowest BCUT2D eigenvalue weighted by Gasteiger charge is -2.12. The molecule has 2 aromatic rings. The molecule has 0 fully saturated rings. The molecule has 0 unspecified atom stereocenters. The molecule has 3 N–H and O–H groups in total. The van der Waals surface area contributed by atoms with E-state index in [0.29, 0.717) is 4.47 Å². The Morgan fingerprint density at radius 3 is 2.33 bits per heavy atom. The van der Waals surface area contributed by atoms with Crippen molar-refractivity contribution < 1.29 is 8.42 Å². The highest BCUT2D eigenvalue weighted by Crippen LogP contribution is 2.36. The SMILES string of the molecule is Nc1cc(S(=O)(=O)Nc2ccc(Br)c(Cl)c2Cl)ccc1Cl. The van der Waals surface area contributed by atoms with Crippen LogP contribution in [0.3, 0.4) is 0 Å². The highest BCUT2D eigenvalue weighted by atomic mass is 79.9. The molecule has 2 rings (SSSR count). The first-order valence-corrected chi connectivity index (χ1v) is 8.84. The summed E-state index contributed by atoms with van der Waals surface area (Å²) in [6.45, 7) is 0. The van der Waals surface area contributed by atoms with Crippen molar-refractivity contribution in [2.75, 3.05) is 10.5 Å². The fraction of sp³-hybridized carbons (Fsp3) is 0. The van der Waals surface area contributed by atoms with Gasteiger partial charge in [-0.1, -0.05) is 34.8 Å². The zero-order valence-electron chi connectivity index (χ0n) is 10.2. The first-order valence-electron chi connectivity index (χ1n) is 5.43. The summed E-state index contributed by atoms with van der Waals surface area (Å²) < 4.78 is 27.5.